The first-order chi connectivity index (χ1) is 19.9. The van der Waals surface area contributed by atoms with Crippen LogP contribution in [0.4, 0.5) is 11.4 Å². The molecule has 212 valence electrons. The molecule has 4 heterocycles. The van der Waals surface area contributed by atoms with Crippen LogP contribution < -0.4 is 16.0 Å². The number of hydrazone groups is 1. The van der Waals surface area contributed by atoms with Crippen molar-refractivity contribution < 1.29 is 19.2 Å². The van der Waals surface area contributed by atoms with E-state index in [1.54, 1.807) is 18.2 Å². The highest BCUT2D eigenvalue weighted by molar-refractivity contribution is 6.23. The summed E-state index contributed by atoms with van der Waals surface area (Å²) in [6.07, 6.45) is 6.60. The van der Waals surface area contributed by atoms with E-state index in [2.05, 4.69) is 27.0 Å². The van der Waals surface area contributed by atoms with Crippen LogP contribution >= 0.6 is 0 Å². The van der Waals surface area contributed by atoms with Crippen molar-refractivity contribution in [2.24, 2.45) is 16.9 Å². The van der Waals surface area contributed by atoms with Gasteiger partial charge in [0.1, 0.15) is 6.04 Å². The Balaban J connectivity index is 0.962. The average molecular weight is 556 g/mol. The average Bonchev–Trinajstić information content (AvgIpc) is 3.66. The maximum atomic E-state index is 13.1. The van der Waals surface area contributed by atoms with Gasteiger partial charge in [0.25, 0.3) is 11.8 Å². The van der Waals surface area contributed by atoms with E-state index in [1.807, 2.05) is 19.3 Å². The molecule has 3 N–H and O–H groups in total. The number of imide groups is 2. The van der Waals surface area contributed by atoms with E-state index in [9.17, 15) is 19.2 Å². The lowest BCUT2D eigenvalue weighted by Gasteiger charge is -2.40. The minimum atomic E-state index is -0.959. The van der Waals surface area contributed by atoms with E-state index in [4.69, 9.17) is 10.1 Å². The van der Waals surface area contributed by atoms with E-state index < -0.39 is 23.8 Å². The molecular weight excluding hydrogens is 522 g/mol. The summed E-state index contributed by atoms with van der Waals surface area (Å²) in [6, 6.07) is 8.63. The molecule has 0 bridgehead atoms. The molecule has 4 amide bonds. The summed E-state index contributed by atoms with van der Waals surface area (Å²) in [5.74, 6) is -0.682. The molecule has 2 saturated carbocycles. The molecule has 2 unspecified atom stereocenters. The van der Waals surface area contributed by atoms with Crippen LogP contribution in [0.2, 0.25) is 0 Å². The Morgan fingerprint density at radius 1 is 1.02 bits per heavy atom. The number of benzene rings is 1. The zero-order valence-corrected chi connectivity index (χ0v) is 22.9. The highest BCUT2D eigenvalue weighted by atomic mass is 16.2. The Kier molecular flexibility index (Phi) is 6.24. The molecule has 41 heavy (non-hydrogen) atoms. The number of amides is 4. The van der Waals surface area contributed by atoms with Gasteiger partial charge in [-0.1, -0.05) is 0 Å². The molecule has 0 radical (unpaired) electrons. The maximum absolute atomic E-state index is 13.1. The first-order valence-electron chi connectivity index (χ1n) is 14.5. The molecule has 3 aliphatic heterocycles. The summed E-state index contributed by atoms with van der Waals surface area (Å²) >= 11 is 0. The number of pyridine rings is 1. The molecule has 1 saturated heterocycles. The molecule has 11 nitrogen and oxygen atoms in total. The zero-order chi connectivity index (χ0) is 28.2. The van der Waals surface area contributed by atoms with Gasteiger partial charge in [-0.3, -0.25) is 39.4 Å². The minimum absolute atomic E-state index is 0.102. The second kappa shape index (κ2) is 9.97. The number of carbonyl (C=O) groups is 4. The number of carbonyl (C=O) groups excluding carboxylic acids is 4. The Hall–Kier alpha value is -4.28. The van der Waals surface area contributed by atoms with E-state index in [1.165, 1.54) is 18.6 Å². The van der Waals surface area contributed by atoms with E-state index in [-0.39, 0.29) is 35.8 Å². The van der Waals surface area contributed by atoms with E-state index in [0.29, 0.717) is 17.9 Å². The molecule has 1 aromatic heterocycles. The van der Waals surface area contributed by atoms with Crippen LogP contribution in [0.15, 0.2) is 41.6 Å². The van der Waals surface area contributed by atoms with Crippen molar-refractivity contribution in [1.29, 1.82) is 0 Å². The molecule has 11 heteroatoms. The fourth-order valence-electron chi connectivity index (χ4n) is 6.60. The number of nitrogens with zero attached hydrogens (tertiary/aromatic N) is 4. The number of aromatic nitrogens is 1. The Morgan fingerprint density at radius 3 is 2.59 bits per heavy atom. The van der Waals surface area contributed by atoms with Crippen molar-refractivity contribution in [3.05, 3.63) is 53.3 Å². The summed E-state index contributed by atoms with van der Waals surface area (Å²) < 4.78 is 0. The Morgan fingerprint density at radius 2 is 1.83 bits per heavy atom. The van der Waals surface area contributed by atoms with Gasteiger partial charge in [-0.05, 0) is 74.3 Å². The smallest absolute Gasteiger partial charge is 0.262 e. The van der Waals surface area contributed by atoms with Crippen LogP contribution in [0, 0.1) is 11.8 Å². The minimum Gasteiger partial charge on any atom is -0.387 e. The Labute approximate surface area is 237 Å². The quantitative estimate of drug-likeness (QED) is 0.423. The lowest BCUT2D eigenvalue weighted by molar-refractivity contribution is -0.136. The fourth-order valence-corrected chi connectivity index (χ4v) is 6.60. The molecule has 2 aromatic rings. The highest BCUT2D eigenvalue weighted by Crippen LogP contribution is 2.44. The molecule has 3 fully saturated rings. The summed E-state index contributed by atoms with van der Waals surface area (Å²) in [5.41, 5.74) is 4.78. The third-order valence-corrected chi connectivity index (χ3v) is 9.07. The Bertz CT molecular complexity index is 1480. The van der Waals surface area contributed by atoms with Crippen LogP contribution in [-0.2, 0) is 9.59 Å². The molecule has 2 atom stereocenters. The second-order valence-electron chi connectivity index (χ2n) is 11.7. The monoisotopic (exact) mass is 555 g/mol. The van der Waals surface area contributed by atoms with Gasteiger partial charge in [0.2, 0.25) is 11.8 Å². The third kappa shape index (κ3) is 4.53. The van der Waals surface area contributed by atoms with Crippen molar-refractivity contribution in [3.8, 4) is 0 Å². The van der Waals surface area contributed by atoms with Crippen LogP contribution in [0.5, 0.6) is 0 Å². The lowest BCUT2D eigenvalue weighted by atomic mass is 9.79. The maximum Gasteiger partial charge on any atom is 0.262 e. The molecule has 0 spiro atoms. The van der Waals surface area contributed by atoms with Gasteiger partial charge in [-0.25, -0.2) is 0 Å². The predicted molar refractivity (Wildman–Crippen MR) is 152 cm³/mol. The number of nitrogens with one attached hydrogen (secondary N) is 3. The number of hydrogen-bond acceptors (Lipinski definition) is 9. The predicted octanol–water partition coefficient (Wildman–Crippen LogP) is 2.58. The summed E-state index contributed by atoms with van der Waals surface area (Å²) in [6.45, 7) is 1.63. The van der Waals surface area contributed by atoms with Gasteiger partial charge in [-0.15, -0.1) is 0 Å². The van der Waals surface area contributed by atoms with Crippen molar-refractivity contribution >= 4 is 40.7 Å². The van der Waals surface area contributed by atoms with Gasteiger partial charge in [0, 0.05) is 37.9 Å². The summed E-state index contributed by atoms with van der Waals surface area (Å²) in [7, 11) is 1.94. The van der Waals surface area contributed by atoms with Crippen LogP contribution in [-0.4, -0.2) is 76.5 Å². The normalized spacial score (nSPS) is 27.4. The summed E-state index contributed by atoms with van der Waals surface area (Å²) in [5, 5.41) is 16.4. The van der Waals surface area contributed by atoms with Gasteiger partial charge in [-0.2, -0.15) is 5.10 Å². The van der Waals surface area contributed by atoms with Crippen molar-refractivity contribution in [3.63, 3.8) is 0 Å². The van der Waals surface area contributed by atoms with Crippen LogP contribution in [0.25, 0.3) is 0 Å². The van der Waals surface area contributed by atoms with Crippen LogP contribution in [0.3, 0.4) is 0 Å². The first kappa shape index (κ1) is 25.7. The van der Waals surface area contributed by atoms with Crippen molar-refractivity contribution in [2.45, 2.75) is 56.5 Å². The number of rotatable bonds is 8. The molecule has 7 rings (SSSR count). The van der Waals surface area contributed by atoms with E-state index in [0.717, 1.165) is 47.9 Å². The molecule has 5 aliphatic rings. The highest BCUT2D eigenvalue weighted by Gasteiger charge is 2.46. The van der Waals surface area contributed by atoms with Gasteiger partial charge in [0.15, 0.2) is 0 Å². The number of anilines is 2. The number of fused-ring (bicyclic) bond motifs is 1. The van der Waals surface area contributed by atoms with Gasteiger partial charge < -0.3 is 10.6 Å². The van der Waals surface area contributed by atoms with Crippen molar-refractivity contribution in [1.82, 2.24) is 20.2 Å². The van der Waals surface area contributed by atoms with Gasteiger partial charge in [0.05, 0.1) is 40.7 Å². The van der Waals surface area contributed by atoms with Crippen molar-refractivity contribution in [2.75, 3.05) is 30.8 Å². The molecule has 1 aromatic carbocycles. The topological polar surface area (TPSA) is 136 Å². The molecule has 2 aliphatic carbocycles. The SMILES string of the molecule is CNc1cccnc1C1CN(C2CC(CNc3ccc4c(c3)C(=O)N(C3CCC(=O)NC3=O)C4=O)C2)N=C1C1CC1. The van der Waals surface area contributed by atoms with Crippen LogP contribution in [0.1, 0.15) is 70.9 Å². The summed E-state index contributed by atoms with van der Waals surface area (Å²) in [4.78, 5) is 55.6. The third-order valence-electron chi connectivity index (χ3n) is 9.07. The standard InChI is InChI=1S/C30H33N7O4/c1-31-23-3-2-10-32-27(23)22-15-36(35-26(22)17-4-5-17)19-11-16(12-19)14-33-18-6-7-20-21(13-18)30(41)37(29(20)40)24-8-9-25(38)34-28(24)39/h2-3,6-7,10,13,16-17,19,22,24,31,33H,4-5,8-9,11-12,14-15H2,1H3,(H,34,38,39). The lowest BCUT2D eigenvalue weighted by Crippen LogP contribution is -2.54. The van der Waals surface area contributed by atoms with Gasteiger partial charge >= 0.3 is 0 Å². The second-order valence-corrected chi connectivity index (χ2v) is 11.7. The largest absolute Gasteiger partial charge is 0.387 e. The fraction of sp³-hybridized carbons (Fsp3) is 0.467. The molecular formula is C30H33N7O4. The first-order valence-corrected chi connectivity index (χ1v) is 14.5. The van der Waals surface area contributed by atoms with E-state index >= 15 is 0 Å². The number of piperidine rings is 1. The number of hydrogen-bond donors (Lipinski definition) is 3. The zero-order valence-electron chi connectivity index (χ0n) is 22.9.